The van der Waals surface area contributed by atoms with E-state index >= 15 is 0 Å². The summed E-state index contributed by atoms with van der Waals surface area (Å²) in [6, 6.07) is 1.78. The fourth-order valence-electron chi connectivity index (χ4n) is 1.99. The Labute approximate surface area is 125 Å². The molecule has 0 bridgehead atoms. The van der Waals surface area contributed by atoms with E-state index in [1.165, 1.54) is 0 Å². The lowest BCUT2D eigenvalue weighted by atomic mass is 10.1. The highest BCUT2D eigenvalue weighted by molar-refractivity contribution is 7.09. The second kappa shape index (κ2) is 5.38. The minimum absolute atomic E-state index is 0.354. The van der Waals surface area contributed by atoms with Crippen molar-refractivity contribution in [3.63, 3.8) is 0 Å². The fourth-order valence-corrected chi connectivity index (χ4v) is 2.71. The van der Waals surface area contributed by atoms with E-state index in [-0.39, 0.29) is 0 Å². The first-order chi connectivity index (χ1) is 9.65. The summed E-state index contributed by atoms with van der Waals surface area (Å²) < 4.78 is 1.79. The van der Waals surface area contributed by atoms with Gasteiger partial charge in [-0.25, -0.2) is 4.98 Å². The molecule has 5 nitrogen and oxygen atoms in total. The largest absolute Gasteiger partial charge is 0.365 e. The SMILES string of the molecule is CC(C)c1cnn2c(NCc3cncs3)cc(Cl)nc12. The molecular weight excluding hydrogens is 294 g/mol. The summed E-state index contributed by atoms with van der Waals surface area (Å²) in [6.07, 6.45) is 3.70. The highest BCUT2D eigenvalue weighted by Gasteiger charge is 2.13. The molecule has 3 aromatic heterocycles. The van der Waals surface area contributed by atoms with Gasteiger partial charge in [-0.1, -0.05) is 25.4 Å². The van der Waals surface area contributed by atoms with Gasteiger partial charge < -0.3 is 5.32 Å². The molecule has 0 aliphatic heterocycles. The first-order valence-electron chi connectivity index (χ1n) is 6.30. The predicted molar refractivity (Wildman–Crippen MR) is 81.5 cm³/mol. The standard InChI is InChI=1S/C13H14ClN5S/c1-8(2)10-6-17-19-12(3-11(14)18-13(10)19)16-5-9-4-15-7-20-9/h3-4,6-8,16H,5H2,1-2H3. The minimum Gasteiger partial charge on any atom is -0.365 e. The zero-order chi connectivity index (χ0) is 14.1. The molecule has 0 unspecified atom stereocenters. The quantitative estimate of drug-likeness (QED) is 0.749. The molecule has 0 aliphatic rings. The number of hydrogen-bond acceptors (Lipinski definition) is 5. The number of fused-ring (bicyclic) bond motifs is 1. The molecule has 1 N–H and O–H groups in total. The van der Waals surface area contributed by atoms with Gasteiger partial charge in [0, 0.05) is 22.7 Å². The molecule has 0 spiro atoms. The van der Waals surface area contributed by atoms with Gasteiger partial charge in [-0.2, -0.15) is 9.61 Å². The average molecular weight is 308 g/mol. The van der Waals surface area contributed by atoms with Crippen LogP contribution in [0.4, 0.5) is 5.82 Å². The van der Waals surface area contributed by atoms with E-state index < -0.39 is 0 Å². The van der Waals surface area contributed by atoms with Gasteiger partial charge in [-0.05, 0) is 5.92 Å². The fraction of sp³-hybridized carbons (Fsp3) is 0.308. The highest BCUT2D eigenvalue weighted by Crippen LogP contribution is 2.24. The number of nitrogens with zero attached hydrogens (tertiary/aromatic N) is 4. The van der Waals surface area contributed by atoms with Gasteiger partial charge >= 0.3 is 0 Å². The molecule has 0 radical (unpaired) electrons. The summed E-state index contributed by atoms with van der Waals surface area (Å²) in [4.78, 5) is 9.59. The maximum atomic E-state index is 6.12. The molecule has 0 atom stereocenters. The zero-order valence-electron chi connectivity index (χ0n) is 11.2. The van der Waals surface area contributed by atoms with E-state index in [0.29, 0.717) is 17.6 Å². The second-order valence-corrected chi connectivity index (χ2v) is 6.13. The Hall–Kier alpha value is -1.66. The molecular formula is C13H14ClN5S. The van der Waals surface area contributed by atoms with Crippen LogP contribution < -0.4 is 5.32 Å². The Morgan fingerprint density at radius 2 is 2.25 bits per heavy atom. The molecule has 3 rings (SSSR count). The summed E-state index contributed by atoms with van der Waals surface area (Å²) in [5, 5.41) is 8.20. The van der Waals surface area contributed by atoms with Crippen LogP contribution in [0.1, 0.15) is 30.2 Å². The normalized spacial score (nSPS) is 11.4. The molecule has 0 saturated heterocycles. The smallest absolute Gasteiger partial charge is 0.162 e. The van der Waals surface area contributed by atoms with Gasteiger partial charge in [0.15, 0.2) is 5.65 Å². The third kappa shape index (κ3) is 2.48. The van der Waals surface area contributed by atoms with Crippen LogP contribution in [0.5, 0.6) is 0 Å². The number of anilines is 1. The van der Waals surface area contributed by atoms with Gasteiger partial charge in [-0.3, -0.25) is 4.98 Å². The lowest BCUT2D eigenvalue weighted by Crippen LogP contribution is -2.05. The van der Waals surface area contributed by atoms with E-state index in [1.54, 1.807) is 21.9 Å². The van der Waals surface area contributed by atoms with E-state index in [2.05, 4.69) is 34.2 Å². The molecule has 0 aliphatic carbocycles. The molecule has 3 heterocycles. The van der Waals surface area contributed by atoms with E-state index in [1.807, 2.05) is 17.9 Å². The van der Waals surface area contributed by atoms with Crippen molar-refractivity contribution in [2.24, 2.45) is 0 Å². The summed E-state index contributed by atoms with van der Waals surface area (Å²) >= 11 is 7.73. The average Bonchev–Trinajstić information content (AvgIpc) is 3.04. The van der Waals surface area contributed by atoms with Crippen LogP contribution in [-0.4, -0.2) is 19.6 Å². The Morgan fingerprint density at radius 1 is 1.40 bits per heavy atom. The van der Waals surface area contributed by atoms with Crippen LogP contribution in [0.25, 0.3) is 5.65 Å². The third-order valence-corrected chi connectivity index (χ3v) is 3.99. The first-order valence-corrected chi connectivity index (χ1v) is 7.56. The Bertz CT molecular complexity index is 720. The number of thiazole rings is 1. The maximum Gasteiger partial charge on any atom is 0.162 e. The van der Waals surface area contributed by atoms with E-state index in [0.717, 1.165) is 21.9 Å². The molecule has 104 valence electrons. The molecule has 0 fully saturated rings. The van der Waals surface area contributed by atoms with Crippen molar-refractivity contribution in [2.45, 2.75) is 26.3 Å². The number of nitrogens with one attached hydrogen (secondary N) is 1. The summed E-state index contributed by atoms with van der Waals surface area (Å²) in [5.41, 5.74) is 3.71. The monoisotopic (exact) mass is 307 g/mol. The van der Waals surface area contributed by atoms with Crippen LogP contribution in [-0.2, 0) is 6.54 Å². The van der Waals surface area contributed by atoms with Crippen LogP contribution >= 0.6 is 22.9 Å². The topological polar surface area (TPSA) is 55.1 Å². The van der Waals surface area contributed by atoms with E-state index in [4.69, 9.17) is 11.6 Å². The third-order valence-electron chi connectivity index (χ3n) is 3.02. The minimum atomic E-state index is 0.354. The van der Waals surface area contributed by atoms with Crippen LogP contribution in [0.3, 0.4) is 0 Å². The second-order valence-electron chi connectivity index (χ2n) is 4.78. The number of halogens is 1. The maximum absolute atomic E-state index is 6.12. The van der Waals surface area contributed by atoms with Crippen LogP contribution in [0, 0.1) is 0 Å². The van der Waals surface area contributed by atoms with Crippen LogP contribution in [0.15, 0.2) is 24.0 Å². The number of aromatic nitrogens is 4. The Balaban J connectivity index is 1.97. The van der Waals surface area contributed by atoms with Gasteiger partial charge in [-0.15, -0.1) is 11.3 Å². The van der Waals surface area contributed by atoms with E-state index in [9.17, 15) is 0 Å². The number of rotatable bonds is 4. The van der Waals surface area contributed by atoms with Gasteiger partial charge in [0.2, 0.25) is 0 Å². The van der Waals surface area contributed by atoms with Crippen molar-refractivity contribution in [1.82, 2.24) is 19.6 Å². The molecule has 0 aromatic carbocycles. The summed E-state index contributed by atoms with van der Waals surface area (Å²) in [6.45, 7) is 4.92. The molecule has 20 heavy (non-hydrogen) atoms. The summed E-state index contributed by atoms with van der Waals surface area (Å²) in [5.74, 6) is 1.19. The number of hydrogen-bond donors (Lipinski definition) is 1. The Morgan fingerprint density at radius 3 is 2.95 bits per heavy atom. The van der Waals surface area contributed by atoms with Gasteiger partial charge in [0.1, 0.15) is 11.0 Å². The van der Waals surface area contributed by atoms with Crippen molar-refractivity contribution in [1.29, 1.82) is 0 Å². The molecule has 0 amide bonds. The molecule has 7 heteroatoms. The Kier molecular flexibility index (Phi) is 3.58. The lowest BCUT2D eigenvalue weighted by molar-refractivity contribution is 0.871. The molecule has 0 saturated carbocycles. The van der Waals surface area contributed by atoms with Crippen molar-refractivity contribution in [3.05, 3.63) is 39.6 Å². The first kappa shape index (κ1) is 13.3. The van der Waals surface area contributed by atoms with Crippen molar-refractivity contribution in [3.8, 4) is 0 Å². The molecule has 3 aromatic rings. The van der Waals surface area contributed by atoms with Crippen LogP contribution in [0.2, 0.25) is 5.15 Å². The zero-order valence-corrected chi connectivity index (χ0v) is 12.7. The lowest BCUT2D eigenvalue weighted by Gasteiger charge is -2.08. The summed E-state index contributed by atoms with van der Waals surface area (Å²) in [7, 11) is 0. The van der Waals surface area contributed by atoms with Crippen molar-refractivity contribution in [2.75, 3.05) is 5.32 Å². The van der Waals surface area contributed by atoms with Crippen molar-refractivity contribution < 1.29 is 0 Å². The van der Waals surface area contributed by atoms with Gasteiger partial charge in [0.25, 0.3) is 0 Å². The predicted octanol–water partition coefficient (Wildman–Crippen LogP) is 3.57. The highest BCUT2D eigenvalue weighted by atomic mass is 35.5. The van der Waals surface area contributed by atoms with Gasteiger partial charge in [0.05, 0.1) is 18.3 Å². The van der Waals surface area contributed by atoms with Crippen molar-refractivity contribution >= 4 is 34.4 Å².